The Morgan fingerprint density at radius 1 is 1.12 bits per heavy atom. The minimum atomic E-state index is -0.569. The van der Waals surface area contributed by atoms with E-state index < -0.39 is 12.3 Å². The predicted octanol–water partition coefficient (Wildman–Crippen LogP) is 3.31. The molecule has 0 spiro atoms. The first-order chi connectivity index (χ1) is 12.1. The number of carbonyl (C=O) groups is 1. The number of hydrogen-bond acceptors (Lipinski definition) is 6. The molecule has 0 aliphatic carbocycles. The molecule has 130 valence electrons. The highest BCUT2D eigenvalue weighted by Crippen LogP contribution is 2.30. The molecular formula is C19H20N2O4. The third kappa shape index (κ3) is 3.75. The van der Waals surface area contributed by atoms with E-state index in [1.807, 2.05) is 31.2 Å². The molecule has 2 aromatic rings. The topological polar surface area (TPSA) is 70.0 Å². The van der Waals surface area contributed by atoms with Crippen molar-refractivity contribution in [3.8, 4) is 5.75 Å². The number of aliphatic imine (C=N–C) groups is 1. The highest BCUT2D eigenvalue weighted by molar-refractivity contribution is 6.37. The zero-order chi connectivity index (χ0) is 17.8. The van der Waals surface area contributed by atoms with Crippen molar-refractivity contribution in [3.05, 3.63) is 53.2 Å². The van der Waals surface area contributed by atoms with Gasteiger partial charge >= 0.3 is 5.97 Å². The summed E-state index contributed by atoms with van der Waals surface area (Å²) in [6, 6.07) is 10.9. The fraction of sp³-hybridized carbons (Fsp3) is 0.316. The Morgan fingerprint density at radius 3 is 2.52 bits per heavy atom. The second-order valence-corrected chi connectivity index (χ2v) is 5.73. The Morgan fingerprint density at radius 2 is 1.84 bits per heavy atom. The zero-order valence-electron chi connectivity index (χ0n) is 14.5. The third-order valence-corrected chi connectivity index (χ3v) is 4.06. The summed E-state index contributed by atoms with van der Waals surface area (Å²) in [7, 11) is 3.10. The van der Waals surface area contributed by atoms with Crippen LogP contribution in [0.15, 0.2) is 41.4 Å². The van der Waals surface area contributed by atoms with Crippen LogP contribution in [-0.2, 0) is 20.7 Å². The van der Waals surface area contributed by atoms with Crippen molar-refractivity contribution in [2.75, 3.05) is 14.2 Å². The van der Waals surface area contributed by atoms with Crippen LogP contribution in [0.5, 0.6) is 5.75 Å². The third-order valence-electron chi connectivity index (χ3n) is 4.06. The van der Waals surface area contributed by atoms with Gasteiger partial charge in [0.25, 0.3) is 0 Å². The van der Waals surface area contributed by atoms with Crippen LogP contribution in [0, 0.1) is 6.92 Å². The first kappa shape index (κ1) is 17.3. The van der Waals surface area contributed by atoms with Gasteiger partial charge < -0.3 is 14.2 Å². The standard InChI is InChI=1S/C19H20N2O4/c1-12-11-16(19(23-2)24-3)21-17-14(12)9-10-15(20-17)18(22)25-13-7-5-4-6-8-13/h4-8,11,19H,9-10H2,1-3H3. The van der Waals surface area contributed by atoms with Crippen LogP contribution >= 0.6 is 0 Å². The first-order valence-corrected chi connectivity index (χ1v) is 8.03. The maximum atomic E-state index is 12.4. The second-order valence-electron chi connectivity index (χ2n) is 5.73. The summed E-state index contributed by atoms with van der Waals surface area (Å²) in [5.74, 6) is 0.579. The molecule has 1 aromatic carbocycles. The number of para-hydroxylation sites is 1. The van der Waals surface area contributed by atoms with Crippen molar-refractivity contribution in [1.82, 2.24) is 4.98 Å². The Bertz CT molecular complexity index is 799. The van der Waals surface area contributed by atoms with Gasteiger partial charge in [-0.25, -0.2) is 14.8 Å². The number of aromatic nitrogens is 1. The minimum absolute atomic E-state index is 0.367. The number of aryl methyl sites for hydroxylation is 1. The smallest absolute Gasteiger partial charge is 0.358 e. The summed E-state index contributed by atoms with van der Waals surface area (Å²) >= 11 is 0. The molecule has 0 bridgehead atoms. The van der Waals surface area contributed by atoms with Crippen molar-refractivity contribution in [1.29, 1.82) is 0 Å². The van der Waals surface area contributed by atoms with Gasteiger partial charge in [-0.05, 0) is 37.1 Å². The molecule has 2 heterocycles. The summed E-state index contributed by atoms with van der Waals surface area (Å²) in [6.45, 7) is 2.00. The molecule has 6 heteroatoms. The van der Waals surface area contributed by atoms with Crippen molar-refractivity contribution in [2.45, 2.75) is 26.1 Å². The summed E-state index contributed by atoms with van der Waals surface area (Å²) < 4.78 is 15.9. The van der Waals surface area contributed by atoms with E-state index in [1.54, 1.807) is 26.4 Å². The Balaban J connectivity index is 1.89. The Kier molecular flexibility index (Phi) is 5.21. The van der Waals surface area contributed by atoms with Crippen LogP contribution in [0.1, 0.15) is 29.5 Å². The van der Waals surface area contributed by atoms with Crippen molar-refractivity contribution in [2.24, 2.45) is 4.99 Å². The molecule has 0 unspecified atom stereocenters. The zero-order valence-corrected chi connectivity index (χ0v) is 14.5. The molecule has 1 aliphatic rings. The van der Waals surface area contributed by atoms with Crippen LogP contribution in [0.3, 0.4) is 0 Å². The maximum absolute atomic E-state index is 12.4. The van der Waals surface area contributed by atoms with E-state index in [9.17, 15) is 4.79 Å². The maximum Gasteiger partial charge on any atom is 0.358 e. The van der Waals surface area contributed by atoms with Crippen LogP contribution in [-0.4, -0.2) is 30.9 Å². The van der Waals surface area contributed by atoms with Gasteiger partial charge in [0.2, 0.25) is 6.29 Å². The first-order valence-electron chi connectivity index (χ1n) is 8.03. The lowest BCUT2D eigenvalue weighted by Crippen LogP contribution is -2.23. The van der Waals surface area contributed by atoms with Crippen molar-refractivity contribution >= 4 is 17.5 Å². The van der Waals surface area contributed by atoms with E-state index in [2.05, 4.69) is 9.98 Å². The van der Waals surface area contributed by atoms with Crippen molar-refractivity contribution in [3.63, 3.8) is 0 Å². The van der Waals surface area contributed by atoms with Crippen LogP contribution in [0.4, 0.5) is 5.82 Å². The van der Waals surface area contributed by atoms with E-state index in [4.69, 9.17) is 14.2 Å². The molecule has 1 aromatic heterocycles. The molecule has 0 saturated heterocycles. The summed E-state index contributed by atoms with van der Waals surface area (Å²) in [4.78, 5) is 21.3. The second kappa shape index (κ2) is 7.55. The van der Waals surface area contributed by atoms with E-state index in [-0.39, 0.29) is 0 Å². The Hall–Kier alpha value is -2.57. The van der Waals surface area contributed by atoms with Gasteiger partial charge in [-0.3, -0.25) is 0 Å². The lowest BCUT2D eigenvalue weighted by atomic mass is 9.99. The molecule has 25 heavy (non-hydrogen) atoms. The largest absolute Gasteiger partial charge is 0.422 e. The Labute approximate surface area is 146 Å². The van der Waals surface area contributed by atoms with Gasteiger partial charge in [-0.1, -0.05) is 18.2 Å². The molecule has 0 radical (unpaired) electrons. The average Bonchev–Trinajstić information content (AvgIpc) is 2.63. The van der Waals surface area contributed by atoms with Crippen LogP contribution in [0.2, 0.25) is 0 Å². The van der Waals surface area contributed by atoms with Crippen LogP contribution in [0.25, 0.3) is 0 Å². The molecule has 1 aliphatic heterocycles. The summed E-state index contributed by atoms with van der Waals surface area (Å²) in [6.07, 6.45) is 0.654. The number of rotatable bonds is 5. The van der Waals surface area contributed by atoms with Gasteiger partial charge in [0.1, 0.15) is 11.5 Å². The summed E-state index contributed by atoms with van der Waals surface area (Å²) in [5.41, 5.74) is 3.08. The number of carbonyl (C=O) groups excluding carboxylic acids is 1. The van der Waals surface area contributed by atoms with E-state index >= 15 is 0 Å². The number of methoxy groups -OCH3 is 2. The molecule has 0 atom stereocenters. The quantitative estimate of drug-likeness (QED) is 0.474. The number of fused-ring (bicyclic) bond motifs is 1. The van der Waals surface area contributed by atoms with Crippen LogP contribution < -0.4 is 4.74 Å². The van der Waals surface area contributed by atoms with Gasteiger partial charge in [-0.15, -0.1) is 0 Å². The molecule has 0 amide bonds. The van der Waals surface area contributed by atoms with Gasteiger partial charge in [0.05, 0.1) is 5.69 Å². The number of benzene rings is 1. The van der Waals surface area contributed by atoms with E-state index in [0.29, 0.717) is 35.8 Å². The average molecular weight is 340 g/mol. The summed E-state index contributed by atoms with van der Waals surface area (Å²) in [5, 5.41) is 0. The predicted molar refractivity (Wildman–Crippen MR) is 93.2 cm³/mol. The lowest BCUT2D eigenvalue weighted by Gasteiger charge is -2.19. The lowest BCUT2D eigenvalue weighted by molar-refractivity contribution is -0.127. The van der Waals surface area contributed by atoms with E-state index in [1.165, 1.54) is 0 Å². The number of nitrogens with zero attached hydrogens (tertiary/aromatic N) is 2. The number of pyridine rings is 1. The molecular weight excluding hydrogens is 320 g/mol. The van der Waals surface area contributed by atoms with Gasteiger partial charge in [0.15, 0.2) is 5.82 Å². The fourth-order valence-electron chi connectivity index (χ4n) is 2.80. The van der Waals surface area contributed by atoms with E-state index in [0.717, 1.165) is 11.1 Å². The molecule has 6 nitrogen and oxygen atoms in total. The van der Waals surface area contributed by atoms with Gasteiger partial charge in [0, 0.05) is 26.2 Å². The molecule has 0 fully saturated rings. The van der Waals surface area contributed by atoms with Gasteiger partial charge in [-0.2, -0.15) is 0 Å². The number of ether oxygens (including phenoxy) is 3. The monoisotopic (exact) mass is 340 g/mol. The fourth-order valence-corrected chi connectivity index (χ4v) is 2.80. The van der Waals surface area contributed by atoms with Crippen molar-refractivity contribution < 1.29 is 19.0 Å². The highest BCUT2D eigenvalue weighted by Gasteiger charge is 2.24. The SMILES string of the molecule is COC(OC)c1cc(C)c2c(n1)N=C(C(=O)Oc1ccccc1)CC2. The molecule has 3 rings (SSSR count). The number of esters is 1. The highest BCUT2D eigenvalue weighted by atomic mass is 16.7. The minimum Gasteiger partial charge on any atom is -0.422 e. The molecule has 0 N–H and O–H groups in total. The number of hydrogen-bond donors (Lipinski definition) is 0. The molecule has 0 saturated carbocycles. The normalized spacial score (nSPS) is 13.4.